The molecule has 1 saturated carbocycles. The molecule has 0 aliphatic heterocycles. The van der Waals surface area contributed by atoms with Gasteiger partial charge >= 0.3 is 6.03 Å². The molecule has 7 heteroatoms. The van der Waals surface area contributed by atoms with Gasteiger partial charge in [-0.25, -0.2) is 9.78 Å². The number of aliphatic imine (C=N–C) groups is 1. The van der Waals surface area contributed by atoms with Crippen LogP contribution < -0.4 is 5.73 Å². The van der Waals surface area contributed by atoms with E-state index in [1.807, 2.05) is 55.6 Å². The van der Waals surface area contributed by atoms with Crippen molar-refractivity contribution in [1.29, 1.82) is 5.41 Å². The third kappa shape index (κ3) is 5.25. The number of hydrogen-bond acceptors (Lipinski definition) is 4. The summed E-state index contributed by atoms with van der Waals surface area (Å²) in [5.41, 5.74) is 10.7. The second-order valence-electron chi connectivity index (χ2n) is 9.02. The Morgan fingerprint density at radius 2 is 2.00 bits per heavy atom. The molecular weight excluding hydrogens is 424 g/mol. The van der Waals surface area contributed by atoms with Crippen molar-refractivity contribution in [3.8, 4) is 22.6 Å². The zero-order valence-electron chi connectivity index (χ0n) is 20.0. The van der Waals surface area contributed by atoms with Crippen LogP contribution in [0.4, 0.5) is 4.79 Å². The highest BCUT2D eigenvalue weighted by molar-refractivity contribution is 6.08. The van der Waals surface area contributed by atoms with Crippen molar-refractivity contribution in [3.05, 3.63) is 65.4 Å². The molecule has 1 aliphatic carbocycles. The standard InChI is InChI=1S/C27H32N6O/c1-4-18(3)30-15-22-13-12-21(14-17(22)2)23-24(25(28)33(27(29)34)16-19-10-11-19)32-26(31-23)20-8-6-5-7-9-20/h5-9,12-15,18-19,28H,4,10-11,16H2,1-3H3,(H2,29,34)(H,31,32). The van der Waals surface area contributed by atoms with E-state index in [1.165, 1.54) is 4.90 Å². The van der Waals surface area contributed by atoms with Crippen molar-refractivity contribution >= 4 is 18.1 Å². The number of rotatable bonds is 8. The van der Waals surface area contributed by atoms with Crippen molar-refractivity contribution in [1.82, 2.24) is 14.9 Å². The van der Waals surface area contributed by atoms with Gasteiger partial charge in [-0.2, -0.15) is 0 Å². The molecule has 1 aliphatic rings. The minimum atomic E-state index is -0.619. The molecule has 1 heterocycles. The van der Waals surface area contributed by atoms with E-state index in [9.17, 15) is 4.79 Å². The maximum absolute atomic E-state index is 12.2. The van der Waals surface area contributed by atoms with Gasteiger partial charge in [0.05, 0.1) is 5.69 Å². The Kier molecular flexibility index (Phi) is 6.91. The molecule has 0 spiro atoms. The number of nitrogens with zero attached hydrogens (tertiary/aromatic N) is 3. The van der Waals surface area contributed by atoms with Gasteiger partial charge in [-0.1, -0.05) is 49.4 Å². The zero-order valence-corrected chi connectivity index (χ0v) is 20.0. The Morgan fingerprint density at radius 1 is 1.26 bits per heavy atom. The van der Waals surface area contributed by atoms with Crippen LogP contribution in [-0.4, -0.2) is 45.5 Å². The average molecular weight is 457 g/mol. The number of carbonyl (C=O) groups excluding carboxylic acids is 1. The maximum Gasteiger partial charge on any atom is 0.320 e. The SMILES string of the molecule is CCC(C)N=Cc1ccc(-c2nc(-c3ccccc3)[nH]c2C(=N)N(CC2CC2)C(N)=O)cc1C. The summed E-state index contributed by atoms with van der Waals surface area (Å²) in [7, 11) is 0. The van der Waals surface area contributed by atoms with Crippen LogP contribution in [0.25, 0.3) is 22.6 Å². The first-order valence-corrected chi connectivity index (χ1v) is 11.8. The van der Waals surface area contributed by atoms with Crippen LogP contribution in [0.15, 0.2) is 53.5 Å². The molecule has 1 fully saturated rings. The van der Waals surface area contributed by atoms with Crippen LogP contribution in [0.1, 0.15) is 49.9 Å². The third-order valence-corrected chi connectivity index (χ3v) is 6.26. The highest BCUT2D eigenvalue weighted by Gasteiger charge is 2.30. The number of aromatic nitrogens is 2. The largest absolute Gasteiger partial charge is 0.351 e. The van der Waals surface area contributed by atoms with Gasteiger partial charge in [0, 0.05) is 29.9 Å². The number of hydrogen-bond donors (Lipinski definition) is 3. The molecule has 2 amide bonds. The van der Waals surface area contributed by atoms with E-state index in [0.29, 0.717) is 29.7 Å². The summed E-state index contributed by atoms with van der Waals surface area (Å²) in [6.45, 7) is 6.71. The Hall–Kier alpha value is -3.74. The van der Waals surface area contributed by atoms with Gasteiger partial charge in [-0.3, -0.25) is 15.3 Å². The van der Waals surface area contributed by atoms with Crippen LogP contribution in [0, 0.1) is 18.3 Å². The van der Waals surface area contributed by atoms with Crippen molar-refractivity contribution in [2.45, 2.75) is 46.1 Å². The fraction of sp³-hybridized carbons (Fsp3) is 0.333. The third-order valence-electron chi connectivity index (χ3n) is 6.26. The molecule has 1 unspecified atom stereocenters. The monoisotopic (exact) mass is 456 g/mol. The first-order chi connectivity index (χ1) is 16.4. The van der Waals surface area contributed by atoms with Crippen LogP contribution >= 0.6 is 0 Å². The normalized spacial score (nSPS) is 14.3. The Labute approximate surface area is 200 Å². The number of primary amides is 1. The number of amides is 2. The summed E-state index contributed by atoms with van der Waals surface area (Å²) < 4.78 is 0. The van der Waals surface area contributed by atoms with Crippen LogP contribution in [0.2, 0.25) is 0 Å². The van der Waals surface area contributed by atoms with Crippen molar-refractivity contribution in [2.24, 2.45) is 16.6 Å². The van der Waals surface area contributed by atoms with E-state index < -0.39 is 6.03 Å². The first-order valence-electron chi connectivity index (χ1n) is 11.8. The van der Waals surface area contributed by atoms with Gasteiger partial charge in [0.15, 0.2) is 5.84 Å². The summed E-state index contributed by atoms with van der Waals surface area (Å²) in [5.74, 6) is 1.09. The van der Waals surface area contributed by atoms with Gasteiger partial charge in [0.25, 0.3) is 0 Å². The number of urea groups is 1. The van der Waals surface area contributed by atoms with E-state index in [0.717, 1.165) is 41.5 Å². The lowest BCUT2D eigenvalue weighted by atomic mass is 10.0. The van der Waals surface area contributed by atoms with Gasteiger partial charge < -0.3 is 10.7 Å². The smallest absolute Gasteiger partial charge is 0.320 e. The number of aryl methyl sites for hydroxylation is 1. The molecule has 1 aromatic heterocycles. The molecule has 3 aromatic rings. The summed E-state index contributed by atoms with van der Waals surface area (Å²) in [5, 5.41) is 8.87. The highest BCUT2D eigenvalue weighted by atomic mass is 16.2. The van der Waals surface area contributed by atoms with E-state index >= 15 is 0 Å². The van der Waals surface area contributed by atoms with Gasteiger partial charge in [0.1, 0.15) is 11.5 Å². The predicted octanol–water partition coefficient (Wildman–Crippen LogP) is 5.39. The molecule has 0 bridgehead atoms. The molecule has 2 aromatic carbocycles. The fourth-order valence-corrected chi connectivity index (χ4v) is 3.75. The number of benzene rings is 2. The van der Waals surface area contributed by atoms with Gasteiger partial charge in [-0.05, 0) is 56.2 Å². The molecule has 1 atom stereocenters. The lowest BCUT2D eigenvalue weighted by Gasteiger charge is -2.20. The van der Waals surface area contributed by atoms with Gasteiger partial charge in [0.2, 0.25) is 0 Å². The number of nitrogens with two attached hydrogens (primary N) is 1. The van der Waals surface area contributed by atoms with Crippen molar-refractivity contribution in [3.63, 3.8) is 0 Å². The molecule has 4 N–H and O–H groups in total. The maximum atomic E-state index is 12.2. The molecule has 0 saturated heterocycles. The summed E-state index contributed by atoms with van der Waals surface area (Å²) in [4.78, 5) is 26.3. The topological polar surface area (TPSA) is 111 Å². The summed E-state index contributed by atoms with van der Waals surface area (Å²) >= 11 is 0. The lowest BCUT2D eigenvalue weighted by molar-refractivity contribution is 0.228. The molecular formula is C27H32N6O. The summed E-state index contributed by atoms with van der Waals surface area (Å²) in [6.07, 6.45) is 5.02. The Morgan fingerprint density at radius 3 is 2.62 bits per heavy atom. The molecule has 0 radical (unpaired) electrons. The Bertz CT molecular complexity index is 1210. The highest BCUT2D eigenvalue weighted by Crippen LogP contribution is 2.32. The minimum Gasteiger partial charge on any atom is -0.351 e. The number of aromatic amines is 1. The minimum absolute atomic E-state index is 0.0455. The molecule has 7 nitrogen and oxygen atoms in total. The fourth-order valence-electron chi connectivity index (χ4n) is 3.75. The molecule has 34 heavy (non-hydrogen) atoms. The zero-order chi connectivity index (χ0) is 24.2. The number of nitrogens with one attached hydrogen (secondary N) is 2. The molecule has 176 valence electrons. The van der Waals surface area contributed by atoms with E-state index in [2.05, 4.69) is 29.9 Å². The number of carbonyl (C=O) groups is 1. The number of H-pyrrole nitrogens is 1. The number of amidine groups is 1. The van der Waals surface area contributed by atoms with E-state index in [1.54, 1.807) is 0 Å². The van der Waals surface area contributed by atoms with Gasteiger partial charge in [-0.15, -0.1) is 0 Å². The van der Waals surface area contributed by atoms with Crippen LogP contribution in [0.5, 0.6) is 0 Å². The van der Waals surface area contributed by atoms with E-state index in [4.69, 9.17) is 16.1 Å². The summed E-state index contributed by atoms with van der Waals surface area (Å²) in [6, 6.07) is 15.5. The second-order valence-corrected chi connectivity index (χ2v) is 9.02. The van der Waals surface area contributed by atoms with Crippen molar-refractivity contribution in [2.75, 3.05) is 6.54 Å². The lowest BCUT2D eigenvalue weighted by Crippen LogP contribution is -2.42. The number of imidazole rings is 1. The second kappa shape index (κ2) is 10.0. The van der Waals surface area contributed by atoms with Crippen molar-refractivity contribution < 1.29 is 4.79 Å². The first kappa shape index (κ1) is 23.4. The predicted molar refractivity (Wildman–Crippen MR) is 137 cm³/mol. The quantitative estimate of drug-likeness (QED) is 0.312. The Balaban J connectivity index is 1.75. The van der Waals surface area contributed by atoms with Crippen LogP contribution in [0.3, 0.4) is 0 Å². The molecule has 4 rings (SSSR count). The average Bonchev–Trinajstić information content (AvgIpc) is 3.56. The van der Waals surface area contributed by atoms with E-state index in [-0.39, 0.29) is 11.9 Å². The van der Waals surface area contributed by atoms with Crippen LogP contribution in [-0.2, 0) is 0 Å².